The van der Waals surface area contributed by atoms with E-state index in [1.165, 1.54) is 24.9 Å². The molecule has 0 aliphatic carbocycles. The van der Waals surface area contributed by atoms with Crippen LogP contribution in [0.2, 0.25) is 12.1 Å². The van der Waals surface area contributed by atoms with Gasteiger partial charge < -0.3 is 9.16 Å². The van der Waals surface area contributed by atoms with Crippen molar-refractivity contribution in [2.24, 2.45) is 0 Å². The molecule has 3 heteroatoms. The highest BCUT2D eigenvalue weighted by molar-refractivity contribution is 6.51. The van der Waals surface area contributed by atoms with E-state index in [0.29, 0.717) is 0 Å². The van der Waals surface area contributed by atoms with Crippen molar-refractivity contribution >= 4 is 9.04 Å². The smallest absolute Gasteiger partial charge is 0.180 e. The highest BCUT2D eigenvalue weighted by atomic mass is 28.3. The lowest BCUT2D eigenvalue weighted by molar-refractivity contribution is -0.0416. The summed E-state index contributed by atoms with van der Waals surface area (Å²) in [6.45, 7) is 6.41. The molecule has 0 aromatic rings. The number of rotatable bonds is 7. The van der Waals surface area contributed by atoms with Crippen LogP contribution in [0.25, 0.3) is 0 Å². The molecule has 0 aromatic heterocycles. The Labute approximate surface area is 78.0 Å². The molecule has 0 spiro atoms. The van der Waals surface area contributed by atoms with E-state index in [-0.39, 0.29) is 6.29 Å². The minimum atomic E-state index is -0.934. The largest absolute Gasteiger partial charge is 0.396 e. The molecule has 0 N–H and O–H groups in total. The third-order valence-corrected chi connectivity index (χ3v) is 5.15. The van der Waals surface area contributed by atoms with Crippen LogP contribution in [0.4, 0.5) is 0 Å². The van der Waals surface area contributed by atoms with E-state index in [9.17, 15) is 0 Å². The van der Waals surface area contributed by atoms with E-state index in [1.54, 1.807) is 7.11 Å². The van der Waals surface area contributed by atoms with Gasteiger partial charge in [-0.2, -0.15) is 0 Å². The van der Waals surface area contributed by atoms with Gasteiger partial charge in [0.05, 0.1) is 0 Å². The molecular weight excluding hydrogens is 168 g/mol. The van der Waals surface area contributed by atoms with Gasteiger partial charge in [0.15, 0.2) is 9.04 Å². The Bertz CT molecular complexity index is 92.5. The van der Waals surface area contributed by atoms with Gasteiger partial charge in [-0.05, 0) is 19.0 Å². The van der Waals surface area contributed by atoms with Crippen LogP contribution in [0.1, 0.15) is 33.6 Å². The molecular formula is C9H22O2Si. The summed E-state index contributed by atoms with van der Waals surface area (Å²) in [5.74, 6) is 0. The van der Waals surface area contributed by atoms with Crippen molar-refractivity contribution in [2.75, 3.05) is 7.11 Å². The molecule has 0 saturated heterocycles. The van der Waals surface area contributed by atoms with Gasteiger partial charge in [-0.15, -0.1) is 0 Å². The Morgan fingerprint density at radius 3 is 2.00 bits per heavy atom. The summed E-state index contributed by atoms with van der Waals surface area (Å²) in [6, 6.07) is 2.56. The third kappa shape index (κ3) is 5.74. The van der Waals surface area contributed by atoms with E-state index >= 15 is 0 Å². The van der Waals surface area contributed by atoms with Crippen molar-refractivity contribution in [1.29, 1.82) is 0 Å². The van der Waals surface area contributed by atoms with Gasteiger partial charge in [-0.3, -0.25) is 0 Å². The van der Waals surface area contributed by atoms with Crippen molar-refractivity contribution in [1.82, 2.24) is 0 Å². The molecule has 0 aliphatic rings. The van der Waals surface area contributed by atoms with Crippen LogP contribution in [0.15, 0.2) is 0 Å². The average Bonchev–Trinajstić information content (AvgIpc) is 2.05. The predicted molar refractivity (Wildman–Crippen MR) is 54.9 cm³/mol. The van der Waals surface area contributed by atoms with E-state index < -0.39 is 9.04 Å². The molecule has 0 saturated carbocycles. The molecule has 12 heavy (non-hydrogen) atoms. The van der Waals surface area contributed by atoms with Gasteiger partial charge in [0.1, 0.15) is 6.29 Å². The van der Waals surface area contributed by atoms with E-state index in [4.69, 9.17) is 9.16 Å². The van der Waals surface area contributed by atoms with Crippen molar-refractivity contribution in [2.45, 2.75) is 52.0 Å². The maximum Gasteiger partial charge on any atom is 0.180 e. The quantitative estimate of drug-likeness (QED) is 0.454. The Kier molecular flexibility index (Phi) is 7.86. The fraction of sp³-hybridized carbons (Fsp3) is 1.00. The molecule has 0 fully saturated rings. The number of hydrogen-bond donors (Lipinski definition) is 0. The number of methoxy groups -OCH3 is 1. The Balaban J connectivity index is 3.61. The monoisotopic (exact) mass is 190 g/mol. The number of hydrogen-bond acceptors (Lipinski definition) is 2. The first-order valence-corrected chi connectivity index (χ1v) is 7.03. The summed E-state index contributed by atoms with van der Waals surface area (Å²) in [4.78, 5) is 0. The second kappa shape index (κ2) is 7.77. The average molecular weight is 190 g/mol. The van der Waals surface area contributed by atoms with Crippen LogP contribution in [-0.4, -0.2) is 22.4 Å². The zero-order valence-corrected chi connectivity index (χ0v) is 9.95. The summed E-state index contributed by atoms with van der Waals surface area (Å²) in [5.41, 5.74) is 0. The minimum absolute atomic E-state index is 0.000216. The lowest BCUT2D eigenvalue weighted by Gasteiger charge is -2.19. The van der Waals surface area contributed by atoms with Crippen LogP contribution < -0.4 is 0 Å². The van der Waals surface area contributed by atoms with E-state index in [1.807, 2.05) is 6.92 Å². The van der Waals surface area contributed by atoms with Gasteiger partial charge >= 0.3 is 0 Å². The molecule has 0 amide bonds. The van der Waals surface area contributed by atoms with Crippen molar-refractivity contribution in [3.63, 3.8) is 0 Å². The summed E-state index contributed by atoms with van der Waals surface area (Å²) < 4.78 is 10.9. The summed E-state index contributed by atoms with van der Waals surface area (Å²) in [5, 5.41) is 0. The third-order valence-electron chi connectivity index (χ3n) is 1.94. The molecule has 1 atom stereocenters. The van der Waals surface area contributed by atoms with Crippen molar-refractivity contribution in [3.8, 4) is 0 Å². The van der Waals surface area contributed by atoms with Crippen molar-refractivity contribution < 1.29 is 9.16 Å². The molecule has 74 valence electrons. The molecule has 0 heterocycles. The van der Waals surface area contributed by atoms with Crippen LogP contribution >= 0.6 is 0 Å². The summed E-state index contributed by atoms with van der Waals surface area (Å²) in [7, 11) is 0.768. The lowest BCUT2D eigenvalue weighted by Crippen LogP contribution is -2.24. The van der Waals surface area contributed by atoms with Gasteiger partial charge in [0.25, 0.3) is 0 Å². The van der Waals surface area contributed by atoms with Gasteiger partial charge in [0, 0.05) is 7.11 Å². The first kappa shape index (κ1) is 12.1. The van der Waals surface area contributed by atoms with Crippen LogP contribution in [-0.2, 0) is 9.16 Å². The highest BCUT2D eigenvalue weighted by Crippen LogP contribution is 2.09. The standard InChI is InChI=1S/C9H22O2Si/c1-5-7-12(8-6-2)11-9(3)10-4/h9,12H,5-8H2,1-4H3. The Morgan fingerprint density at radius 1 is 1.17 bits per heavy atom. The lowest BCUT2D eigenvalue weighted by atomic mass is 10.6. The fourth-order valence-corrected chi connectivity index (χ4v) is 3.75. The molecule has 0 bridgehead atoms. The molecule has 2 nitrogen and oxygen atoms in total. The Hall–Kier alpha value is 0.137. The second-order valence-corrected chi connectivity index (χ2v) is 5.81. The summed E-state index contributed by atoms with van der Waals surface area (Å²) in [6.07, 6.45) is 2.49. The van der Waals surface area contributed by atoms with Crippen molar-refractivity contribution in [3.05, 3.63) is 0 Å². The molecule has 0 aliphatic heterocycles. The van der Waals surface area contributed by atoms with Gasteiger partial charge in [0.2, 0.25) is 0 Å². The van der Waals surface area contributed by atoms with Crippen LogP contribution in [0.3, 0.4) is 0 Å². The van der Waals surface area contributed by atoms with Crippen LogP contribution in [0.5, 0.6) is 0 Å². The molecule has 1 unspecified atom stereocenters. The van der Waals surface area contributed by atoms with Crippen LogP contribution in [0, 0.1) is 0 Å². The minimum Gasteiger partial charge on any atom is -0.396 e. The molecule has 0 rings (SSSR count). The SMILES string of the molecule is CCC[SiH](CCC)OC(C)OC. The zero-order valence-electron chi connectivity index (χ0n) is 8.80. The first-order chi connectivity index (χ1) is 5.74. The normalized spacial score (nSPS) is 13.8. The molecule has 0 aromatic carbocycles. The van der Waals surface area contributed by atoms with E-state index in [2.05, 4.69) is 13.8 Å². The number of ether oxygens (including phenoxy) is 1. The Morgan fingerprint density at radius 2 is 1.67 bits per heavy atom. The fourth-order valence-electron chi connectivity index (χ4n) is 1.25. The summed E-state index contributed by atoms with van der Waals surface area (Å²) >= 11 is 0. The van der Waals surface area contributed by atoms with E-state index in [0.717, 1.165) is 0 Å². The zero-order chi connectivity index (χ0) is 9.40. The maximum absolute atomic E-state index is 5.80. The topological polar surface area (TPSA) is 18.5 Å². The van der Waals surface area contributed by atoms with Gasteiger partial charge in [-0.25, -0.2) is 0 Å². The predicted octanol–water partition coefficient (Wildman–Crippen LogP) is 2.54. The van der Waals surface area contributed by atoms with Gasteiger partial charge in [-0.1, -0.05) is 26.7 Å². The second-order valence-electron chi connectivity index (χ2n) is 3.14. The maximum atomic E-state index is 5.80. The first-order valence-electron chi connectivity index (χ1n) is 4.92. The molecule has 0 radical (unpaired) electrons. The highest BCUT2D eigenvalue weighted by Gasteiger charge is 2.12.